The lowest BCUT2D eigenvalue weighted by Crippen LogP contribution is -2.45. The first-order valence-corrected chi connectivity index (χ1v) is 8.76. The van der Waals surface area contributed by atoms with Gasteiger partial charge in [-0.05, 0) is 18.2 Å². The van der Waals surface area contributed by atoms with Crippen LogP contribution in [0.15, 0.2) is 33.7 Å². The second kappa shape index (κ2) is 10.3. The summed E-state index contributed by atoms with van der Waals surface area (Å²) in [5, 5.41) is 9.06. The number of carbonyl (C=O) groups is 1. The van der Waals surface area contributed by atoms with Gasteiger partial charge in [0.2, 0.25) is 5.91 Å². The summed E-state index contributed by atoms with van der Waals surface area (Å²) in [6, 6.07) is 7.48. The van der Waals surface area contributed by atoms with Crippen molar-refractivity contribution in [1.29, 1.82) is 0 Å². The van der Waals surface area contributed by atoms with Crippen molar-refractivity contribution >= 4 is 33.5 Å². The summed E-state index contributed by atoms with van der Waals surface area (Å²) >= 11 is 3.38. The van der Waals surface area contributed by atoms with Crippen molar-refractivity contribution in [2.75, 3.05) is 58.3 Å². The van der Waals surface area contributed by atoms with Gasteiger partial charge in [0.15, 0.2) is 5.96 Å². The molecule has 132 valence electrons. The predicted octanol–water partition coefficient (Wildman–Crippen LogP) is 0.885. The van der Waals surface area contributed by atoms with Gasteiger partial charge in [-0.15, -0.1) is 0 Å². The highest BCUT2D eigenvalue weighted by atomic mass is 79.9. The molecule has 7 nitrogen and oxygen atoms in total. The molecule has 0 bridgehead atoms. The van der Waals surface area contributed by atoms with E-state index < -0.39 is 0 Å². The van der Waals surface area contributed by atoms with E-state index in [0.717, 1.165) is 49.6 Å². The van der Waals surface area contributed by atoms with E-state index in [9.17, 15) is 4.79 Å². The molecule has 1 heterocycles. The molecule has 0 spiro atoms. The Morgan fingerprint density at radius 1 is 1.33 bits per heavy atom. The molecule has 1 saturated heterocycles. The third-order valence-electron chi connectivity index (χ3n) is 3.57. The number of ether oxygens (including phenoxy) is 1. The largest absolute Gasteiger partial charge is 0.379 e. The molecule has 1 aliphatic heterocycles. The van der Waals surface area contributed by atoms with E-state index in [1.165, 1.54) is 0 Å². The van der Waals surface area contributed by atoms with E-state index in [4.69, 9.17) is 4.74 Å². The van der Waals surface area contributed by atoms with Crippen molar-refractivity contribution in [3.05, 3.63) is 28.7 Å². The first-order valence-electron chi connectivity index (χ1n) is 7.97. The molecule has 1 fully saturated rings. The SMILES string of the molecule is CN=C(NCCN1CCOCC1)NCC(=O)Nc1cccc(Br)c1. The number of halogens is 1. The second-order valence-electron chi connectivity index (χ2n) is 5.37. The van der Waals surface area contributed by atoms with Crippen molar-refractivity contribution in [2.24, 2.45) is 4.99 Å². The molecule has 1 aromatic carbocycles. The summed E-state index contributed by atoms with van der Waals surface area (Å²) in [7, 11) is 1.69. The van der Waals surface area contributed by atoms with E-state index >= 15 is 0 Å². The van der Waals surface area contributed by atoms with Crippen molar-refractivity contribution < 1.29 is 9.53 Å². The zero-order chi connectivity index (χ0) is 17.2. The van der Waals surface area contributed by atoms with Crippen LogP contribution < -0.4 is 16.0 Å². The number of nitrogens with one attached hydrogen (secondary N) is 3. The summed E-state index contributed by atoms with van der Waals surface area (Å²) < 4.78 is 6.25. The first-order chi connectivity index (χ1) is 11.7. The van der Waals surface area contributed by atoms with E-state index in [1.54, 1.807) is 7.05 Å². The molecule has 1 aliphatic rings. The minimum atomic E-state index is -0.121. The standard InChI is InChI=1S/C16H24BrN5O2/c1-18-16(19-5-6-22-7-9-24-10-8-22)20-12-15(23)21-14-4-2-3-13(17)11-14/h2-4,11H,5-10,12H2,1H3,(H,21,23)(H2,18,19,20). The third kappa shape index (κ3) is 6.86. The Morgan fingerprint density at radius 3 is 2.83 bits per heavy atom. The lowest BCUT2D eigenvalue weighted by molar-refractivity contribution is -0.115. The molecular formula is C16H24BrN5O2. The van der Waals surface area contributed by atoms with Crippen LogP contribution in [0.1, 0.15) is 0 Å². The topological polar surface area (TPSA) is 78.0 Å². The molecule has 0 unspecified atom stereocenters. The maximum Gasteiger partial charge on any atom is 0.243 e. The molecular weight excluding hydrogens is 374 g/mol. The fourth-order valence-corrected chi connectivity index (χ4v) is 2.71. The van der Waals surface area contributed by atoms with Crippen LogP contribution in [-0.2, 0) is 9.53 Å². The predicted molar refractivity (Wildman–Crippen MR) is 99.4 cm³/mol. The molecule has 2 rings (SSSR count). The Hall–Kier alpha value is -1.64. The second-order valence-corrected chi connectivity index (χ2v) is 6.28. The normalized spacial score (nSPS) is 15.8. The van der Waals surface area contributed by atoms with Gasteiger partial charge >= 0.3 is 0 Å². The maximum absolute atomic E-state index is 12.0. The number of rotatable bonds is 6. The van der Waals surface area contributed by atoms with Crippen LogP contribution in [0.25, 0.3) is 0 Å². The van der Waals surface area contributed by atoms with Gasteiger partial charge < -0.3 is 20.7 Å². The van der Waals surface area contributed by atoms with Gasteiger partial charge in [-0.2, -0.15) is 0 Å². The highest BCUT2D eigenvalue weighted by molar-refractivity contribution is 9.10. The molecule has 0 aromatic heterocycles. The van der Waals surface area contributed by atoms with Crippen LogP contribution in [0.3, 0.4) is 0 Å². The lowest BCUT2D eigenvalue weighted by atomic mass is 10.3. The number of anilines is 1. The molecule has 24 heavy (non-hydrogen) atoms. The van der Waals surface area contributed by atoms with Crippen molar-refractivity contribution in [3.63, 3.8) is 0 Å². The zero-order valence-corrected chi connectivity index (χ0v) is 15.4. The monoisotopic (exact) mass is 397 g/mol. The third-order valence-corrected chi connectivity index (χ3v) is 4.07. The number of carbonyl (C=O) groups excluding carboxylic acids is 1. The van der Waals surface area contributed by atoms with Crippen LogP contribution >= 0.6 is 15.9 Å². The molecule has 0 radical (unpaired) electrons. The molecule has 1 amide bonds. The van der Waals surface area contributed by atoms with Gasteiger partial charge in [-0.25, -0.2) is 0 Å². The minimum Gasteiger partial charge on any atom is -0.379 e. The molecule has 8 heteroatoms. The Bertz CT molecular complexity index is 561. The fourth-order valence-electron chi connectivity index (χ4n) is 2.31. The fraction of sp³-hybridized carbons (Fsp3) is 0.500. The quantitative estimate of drug-likeness (QED) is 0.490. The first kappa shape index (κ1) is 18.7. The zero-order valence-electron chi connectivity index (χ0n) is 13.8. The molecule has 3 N–H and O–H groups in total. The maximum atomic E-state index is 12.0. The number of amides is 1. The number of benzene rings is 1. The molecule has 1 aromatic rings. The summed E-state index contributed by atoms with van der Waals surface area (Å²) in [5.74, 6) is 0.497. The number of morpholine rings is 1. The van der Waals surface area contributed by atoms with Crippen LogP contribution in [0.2, 0.25) is 0 Å². The van der Waals surface area contributed by atoms with Gasteiger partial charge in [0.1, 0.15) is 0 Å². The average Bonchev–Trinajstić information content (AvgIpc) is 2.59. The number of aliphatic imine (C=N–C) groups is 1. The van der Waals surface area contributed by atoms with Gasteiger partial charge in [0.05, 0.1) is 19.8 Å². The number of guanidine groups is 1. The van der Waals surface area contributed by atoms with E-state index in [0.29, 0.717) is 5.96 Å². The Labute approximate surface area is 151 Å². The Balaban J connectivity index is 1.66. The van der Waals surface area contributed by atoms with Gasteiger partial charge in [0, 0.05) is 43.4 Å². The van der Waals surface area contributed by atoms with Crippen LogP contribution in [0.4, 0.5) is 5.69 Å². The van der Waals surface area contributed by atoms with Crippen molar-refractivity contribution in [2.45, 2.75) is 0 Å². The summed E-state index contributed by atoms with van der Waals surface area (Å²) in [5.41, 5.74) is 0.756. The van der Waals surface area contributed by atoms with E-state index in [2.05, 4.69) is 41.8 Å². The average molecular weight is 398 g/mol. The van der Waals surface area contributed by atoms with Gasteiger partial charge in [-0.3, -0.25) is 14.7 Å². The molecule has 0 saturated carbocycles. The van der Waals surface area contributed by atoms with Crippen LogP contribution in [-0.4, -0.2) is 69.8 Å². The molecule has 0 atom stereocenters. The highest BCUT2D eigenvalue weighted by Gasteiger charge is 2.10. The highest BCUT2D eigenvalue weighted by Crippen LogP contribution is 2.15. The minimum absolute atomic E-state index is 0.121. The van der Waals surface area contributed by atoms with Crippen molar-refractivity contribution in [1.82, 2.24) is 15.5 Å². The van der Waals surface area contributed by atoms with Crippen LogP contribution in [0, 0.1) is 0 Å². The van der Waals surface area contributed by atoms with E-state index in [1.807, 2.05) is 24.3 Å². The Morgan fingerprint density at radius 2 is 2.12 bits per heavy atom. The molecule has 0 aliphatic carbocycles. The lowest BCUT2D eigenvalue weighted by Gasteiger charge is -2.26. The number of hydrogen-bond acceptors (Lipinski definition) is 4. The number of nitrogens with zero attached hydrogens (tertiary/aromatic N) is 2. The summed E-state index contributed by atoms with van der Waals surface area (Å²) in [6.45, 7) is 5.36. The van der Waals surface area contributed by atoms with Gasteiger partial charge in [-0.1, -0.05) is 22.0 Å². The smallest absolute Gasteiger partial charge is 0.243 e. The van der Waals surface area contributed by atoms with E-state index in [-0.39, 0.29) is 12.5 Å². The summed E-state index contributed by atoms with van der Waals surface area (Å²) in [6.07, 6.45) is 0. The summed E-state index contributed by atoms with van der Waals surface area (Å²) in [4.78, 5) is 18.4. The van der Waals surface area contributed by atoms with Gasteiger partial charge in [0.25, 0.3) is 0 Å². The van der Waals surface area contributed by atoms with Crippen LogP contribution in [0.5, 0.6) is 0 Å². The Kier molecular flexibility index (Phi) is 8.00. The number of hydrogen-bond donors (Lipinski definition) is 3. The van der Waals surface area contributed by atoms with Crippen molar-refractivity contribution in [3.8, 4) is 0 Å².